The molecule has 0 spiro atoms. The molecule has 0 unspecified atom stereocenters. The molecule has 0 bridgehead atoms. The van der Waals surface area contributed by atoms with Gasteiger partial charge in [0.05, 0.1) is 11.1 Å². The fraction of sp³-hybridized carbons (Fsp3) is 0.0435. The summed E-state index contributed by atoms with van der Waals surface area (Å²) in [6, 6.07) is 23.3. The Morgan fingerprint density at radius 1 is 0.788 bits per heavy atom. The van der Waals surface area contributed by atoms with E-state index in [-0.39, 0.29) is 17.6 Å². The van der Waals surface area contributed by atoms with Crippen LogP contribution >= 0.6 is 0 Å². The molecule has 0 saturated heterocycles. The van der Waals surface area contributed by atoms with Crippen molar-refractivity contribution in [2.24, 2.45) is 5.10 Å². The Bertz CT molecular complexity index is 1260. The number of anilines is 5. The Hall–Kier alpha value is -4.86. The summed E-state index contributed by atoms with van der Waals surface area (Å²) in [6.45, 7) is 2.02. The highest BCUT2D eigenvalue weighted by molar-refractivity contribution is 5.80. The van der Waals surface area contributed by atoms with Gasteiger partial charge < -0.3 is 10.6 Å². The van der Waals surface area contributed by atoms with Crippen LogP contribution in [0.3, 0.4) is 0 Å². The van der Waals surface area contributed by atoms with Gasteiger partial charge in [0.2, 0.25) is 17.8 Å². The van der Waals surface area contributed by atoms with E-state index in [1.165, 1.54) is 12.1 Å². The minimum Gasteiger partial charge on any atom is -0.324 e. The molecule has 0 radical (unpaired) electrons. The summed E-state index contributed by atoms with van der Waals surface area (Å²) in [6.07, 6.45) is 1.66. The van der Waals surface area contributed by atoms with Crippen molar-refractivity contribution in [2.45, 2.75) is 6.92 Å². The van der Waals surface area contributed by atoms with Gasteiger partial charge in [0, 0.05) is 23.5 Å². The molecule has 4 aromatic rings. The number of nitrogens with zero attached hydrogens (tertiary/aromatic N) is 5. The number of rotatable bonds is 8. The molecule has 0 saturated carbocycles. The zero-order valence-corrected chi connectivity index (χ0v) is 17.6. The first-order chi connectivity index (χ1) is 16.0. The smallest absolute Gasteiger partial charge is 0.269 e. The standard InChI is InChI=1S/C23H20N8O2/c1-16-7-9-17(10-8-16)15-24-30-23-28-21(25-18-5-3-2-4-6-18)27-22(29-23)26-19-11-13-20(14-12-19)31(32)33/h2-15H,1H3,(H3,25,26,27,28,29,30)/b24-15+. The number of hydrogen-bond acceptors (Lipinski definition) is 9. The van der Waals surface area contributed by atoms with E-state index in [2.05, 4.69) is 36.1 Å². The normalized spacial score (nSPS) is 10.7. The Balaban J connectivity index is 1.56. The summed E-state index contributed by atoms with van der Waals surface area (Å²) in [5.41, 5.74) is 6.30. The van der Waals surface area contributed by atoms with Gasteiger partial charge in [-0.25, -0.2) is 5.43 Å². The number of hydrazone groups is 1. The predicted molar refractivity (Wildman–Crippen MR) is 128 cm³/mol. The van der Waals surface area contributed by atoms with Crippen LogP contribution in [0, 0.1) is 17.0 Å². The Labute approximate surface area is 189 Å². The molecule has 4 rings (SSSR count). The first kappa shape index (κ1) is 21.4. The maximum atomic E-state index is 10.9. The topological polar surface area (TPSA) is 130 Å². The molecule has 10 nitrogen and oxygen atoms in total. The maximum Gasteiger partial charge on any atom is 0.269 e. The molecule has 0 aliphatic carbocycles. The third-order valence-corrected chi connectivity index (χ3v) is 4.46. The van der Waals surface area contributed by atoms with E-state index in [0.717, 1.165) is 16.8 Å². The van der Waals surface area contributed by atoms with Gasteiger partial charge in [-0.3, -0.25) is 10.1 Å². The molecule has 1 aromatic heterocycles. The molecule has 164 valence electrons. The molecule has 1 heterocycles. The van der Waals surface area contributed by atoms with E-state index in [1.54, 1.807) is 18.3 Å². The quantitative estimate of drug-likeness (QED) is 0.198. The molecule has 3 aromatic carbocycles. The SMILES string of the molecule is Cc1ccc(/C=N/Nc2nc(Nc3ccccc3)nc(Nc3ccc([N+](=O)[O-])cc3)n2)cc1. The van der Waals surface area contributed by atoms with Crippen LogP contribution in [-0.2, 0) is 0 Å². The minimum atomic E-state index is -0.456. The van der Waals surface area contributed by atoms with Gasteiger partial charge in [0.1, 0.15) is 0 Å². The van der Waals surface area contributed by atoms with E-state index in [1.807, 2.05) is 61.5 Å². The molecule has 3 N–H and O–H groups in total. The van der Waals surface area contributed by atoms with Gasteiger partial charge in [0.25, 0.3) is 5.69 Å². The third kappa shape index (κ3) is 6.07. The van der Waals surface area contributed by atoms with Crippen LogP contribution in [0.4, 0.5) is 34.9 Å². The number of non-ortho nitro benzene ring substituents is 1. The minimum absolute atomic E-state index is 0.00423. The molecule has 33 heavy (non-hydrogen) atoms. The Kier molecular flexibility index (Phi) is 6.45. The van der Waals surface area contributed by atoms with Crippen molar-refractivity contribution in [1.29, 1.82) is 0 Å². The summed E-state index contributed by atoms with van der Waals surface area (Å²) in [5.74, 6) is 0.759. The number of aromatic nitrogens is 3. The van der Waals surface area contributed by atoms with Gasteiger partial charge in [0.15, 0.2) is 0 Å². The fourth-order valence-corrected chi connectivity index (χ4v) is 2.80. The Morgan fingerprint density at radius 2 is 1.36 bits per heavy atom. The highest BCUT2D eigenvalue weighted by atomic mass is 16.6. The second-order valence-electron chi connectivity index (χ2n) is 7.01. The lowest BCUT2D eigenvalue weighted by atomic mass is 10.2. The van der Waals surface area contributed by atoms with Gasteiger partial charge in [-0.1, -0.05) is 48.0 Å². The molecule has 0 fully saturated rings. The zero-order chi connectivity index (χ0) is 23.0. The number of hydrogen-bond donors (Lipinski definition) is 3. The number of para-hydroxylation sites is 1. The molecule has 10 heteroatoms. The molecular weight excluding hydrogens is 420 g/mol. The van der Waals surface area contributed by atoms with Crippen LogP contribution in [0.1, 0.15) is 11.1 Å². The van der Waals surface area contributed by atoms with Gasteiger partial charge in [-0.05, 0) is 36.8 Å². The molecule has 0 aliphatic heterocycles. The molecule has 0 amide bonds. The van der Waals surface area contributed by atoms with Gasteiger partial charge in [-0.2, -0.15) is 20.1 Å². The van der Waals surface area contributed by atoms with Crippen LogP contribution in [-0.4, -0.2) is 26.1 Å². The van der Waals surface area contributed by atoms with E-state index in [9.17, 15) is 10.1 Å². The van der Waals surface area contributed by atoms with E-state index < -0.39 is 4.92 Å². The summed E-state index contributed by atoms with van der Waals surface area (Å²) in [5, 5.41) is 21.2. The summed E-state index contributed by atoms with van der Waals surface area (Å²) < 4.78 is 0. The second kappa shape index (κ2) is 9.96. The van der Waals surface area contributed by atoms with Crippen LogP contribution in [0.5, 0.6) is 0 Å². The monoisotopic (exact) mass is 440 g/mol. The van der Waals surface area contributed by atoms with Crippen molar-refractivity contribution in [3.8, 4) is 0 Å². The van der Waals surface area contributed by atoms with Crippen LogP contribution in [0.2, 0.25) is 0 Å². The lowest BCUT2D eigenvalue weighted by Gasteiger charge is -2.10. The van der Waals surface area contributed by atoms with Crippen molar-refractivity contribution in [1.82, 2.24) is 15.0 Å². The van der Waals surface area contributed by atoms with Crippen LogP contribution in [0.25, 0.3) is 0 Å². The lowest BCUT2D eigenvalue weighted by molar-refractivity contribution is -0.384. The van der Waals surface area contributed by atoms with Crippen LogP contribution in [0.15, 0.2) is 84.0 Å². The van der Waals surface area contributed by atoms with E-state index in [0.29, 0.717) is 11.6 Å². The number of nitro groups is 1. The predicted octanol–water partition coefficient (Wildman–Crippen LogP) is 5.02. The average molecular weight is 440 g/mol. The average Bonchev–Trinajstić information content (AvgIpc) is 2.81. The maximum absolute atomic E-state index is 10.9. The molecular formula is C23H20N8O2. The first-order valence-electron chi connectivity index (χ1n) is 10.0. The third-order valence-electron chi connectivity index (χ3n) is 4.46. The zero-order valence-electron chi connectivity index (χ0n) is 17.6. The first-order valence-corrected chi connectivity index (χ1v) is 10.0. The number of nitrogens with one attached hydrogen (secondary N) is 3. The van der Waals surface area contributed by atoms with Gasteiger partial charge >= 0.3 is 0 Å². The van der Waals surface area contributed by atoms with Gasteiger partial charge in [-0.15, -0.1) is 0 Å². The molecule has 0 atom stereocenters. The largest absolute Gasteiger partial charge is 0.324 e. The van der Waals surface area contributed by atoms with E-state index in [4.69, 9.17) is 0 Å². The summed E-state index contributed by atoms with van der Waals surface area (Å²) in [7, 11) is 0. The summed E-state index contributed by atoms with van der Waals surface area (Å²) in [4.78, 5) is 23.5. The van der Waals surface area contributed by atoms with Crippen molar-refractivity contribution >= 4 is 41.1 Å². The number of aryl methyl sites for hydroxylation is 1. The summed E-state index contributed by atoms with van der Waals surface area (Å²) >= 11 is 0. The number of benzene rings is 3. The molecule has 0 aliphatic rings. The lowest BCUT2D eigenvalue weighted by Crippen LogP contribution is -2.07. The second-order valence-corrected chi connectivity index (χ2v) is 7.01. The van der Waals surface area contributed by atoms with Crippen molar-refractivity contribution in [3.05, 3.63) is 100 Å². The number of nitro benzene ring substituents is 1. The van der Waals surface area contributed by atoms with Crippen molar-refractivity contribution in [2.75, 3.05) is 16.1 Å². The van der Waals surface area contributed by atoms with Crippen molar-refractivity contribution < 1.29 is 4.92 Å². The van der Waals surface area contributed by atoms with Crippen LogP contribution < -0.4 is 16.1 Å². The highest BCUT2D eigenvalue weighted by Gasteiger charge is 2.09. The van der Waals surface area contributed by atoms with E-state index >= 15 is 0 Å². The van der Waals surface area contributed by atoms with Crippen molar-refractivity contribution in [3.63, 3.8) is 0 Å². The Morgan fingerprint density at radius 3 is 1.97 bits per heavy atom. The fourth-order valence-electron chi connectivity index (χ4n) is 2.80. The highest BCUT2D eigenvalue weighted by Crippen LogP contribution is 2.21.